The number of phenols is 1. The van der Waals surface area contributed by atoms with Crippen LogP contribution in [-0.2, 0) is 4.74 Å². The molecule has 0 bridgehead atoms. The van der Waals surface area contributed by atoms with Gasteiger partial charge in [-0.3, -0.25) is 0 Å². The van der Waals surface area contributed by atoms with E-state index in [0.717, 1.165) is 16.9 Å². The number of hydrogen-bond acceptors (Lipinski definition) is 4. The van der Waals surface area contributed by atoms with E-state index >= 15 is 0 Å². The maximum absolute atomic E-state index is 10.9. The maximum Gasteiger partial charge on any atom is 0.407 e. The van der Waals surface area contributed by atoms with Gasteiger partial charge in [0, 0.05) is 0 Å². The first-order valence-corrected chi connectivity index (χ1v) is 6.67. The van der Waals surface area contributed by atoms with Gasteiger partial charge >= 0.3 is 6.09 Å². The van der Waals surface area contributed by atoms with Crippen LogP contribution in [0.4, 0.5) is 4.79 Å². The molecule has 0 saturated carbocycles. The summed E-state index contributed by atoms with van der Waals surface area (Å²) in [6, 6.07) is 14.6. The van der Waals surface area contributed by atoms with Crippen molar-refractivity contribution >= 4 is 6.09 Å². The van der Waals surface area contributed by atoms with E-state index in [1.54, 1.807) is 12.1 Å². The molecule has 108 valence electrons. The number of hydrogen-bond donors (Lipinski definition) is 2. The molecule has 1 fully saturated rings. The highest BCUT2D eigenvalue weighted by Crippen LogP contribution is 2.24. The zero-order chi connectivity index (χ0) is 14.7. The van der Waals surface area contributed by atoms with Gasteiger partial charge < -0.3 is 19.9 Å². The lowest BCUT2D eigenvalue weighted by molar-refractivity contribution is 0.105. The van der Waals surface area contributed by atoms with Gasteiger partial charge in [0.05, 0.1) is 6.54 Å². The SMILES string of the molecule is O=C1NCC(COc2ccc(-c3ccc(O)cc3)cc2)O1. The minimum atomic E-state index is -0.397. The Morgan fingerprint density at radius 2 is 1.71 bits per heavy atom. The average molecular weight is 285 g/mol. The lowest BCUT2D eigenvalue weighted by atomic mass is 10.1. The molecular formula is C16H15NO4. The van der Waals surface area contributed by atoms with Crippen molar-refractivity contribution in [3.05, 3.63) is 48.5 Å². The third-order valence-corrected chi connectivity index (χ3v) is 3.24. The van der Waals surface area contributed by atoms with E-state index in [2.05, 4.69) is 5.32 Å². The number of amides is 1. The van der Waals surface area contributed by atoms with Gasteiger partial charge in [0.15, 0.2) is 6.10 Å². The van der Waals surface area contributed by atoms with Crippen LogP contribution in [0.1, 0.15) is 0 Å². The number of nitrogens with one attached hydrogen (secondary N) is 1. The predicted molar refractivity (Wildman–Crippen MR) is 77.3 cm³/mol. The Bertz CT molecular complexity index is 622. The molecule has 1 unspecified atom stereocenters. The number of carbonyl (C=O) groups excluding carboxylic acids is 1. The highest BCUT2D eigenvalue weighted by molar-refractivity contribution is 5.69. The van der Waals surface area contributed by atoms with Crippen LogP contribution in [0.15, 0.2) is 48.5 Å². The quantitative estimate of drug-likeness (QED) is 0.906. The molecule has 1 aliphatic rings. The van der Waals surface area contributed by atoms with E-state index in [0.29, 0.717) is 13.2 Å². The summed E-state index contributed by atoms with van der Waals surface area (Å²) in [7, 11) is 0. The summed E-state index contributed by atoms with van der Waals surface area (Å²) in [5.74, 6) is 0.971. The summed E-state index contributed by atoms with van der Waals surface area (Å²) in [4.78, 5) is 10.9. The summed E-state index contributed by atoms with van der Waals surface area (Å²) in [5.41, 5.74) is 2.06. The Hall–Kier alpha value is -2.69. The van der Waals surface area contributed by atoms with Gasteiger partial charge in [-0.25, -0.2) is 4.79 Å². The smallest absolute Gasteiger partial charge is 0.407 e. The van der Waals surface area contributed by atoms with Crippen molar-refractivity contribution in [1.29, 1.82) is 0 Å². The monoisotopic (exact) mass is 285 g/mol. The van der Waals surface area contributed by atoms with Crippen molar-refractivity contribution in [3.8, 4) is 22.6 Å². The molecule has 0 radical (unpaired) electrons. The highest BCUT2D eigenvalue weighted by Gasteiger charge is 2.22. The van der Waals surface area contributed by atoms with Crippen molar-refractivity contribution in [2.75, 3.05) is 13.2 Å². The fourth-order valence-corrected chi connectivity index (χ4v) is 2.11. The Morgan fingerprint density at radius 3 is 2.29 bits per heavy atom. The summed E-state index contributed by atoms with van der Waals surface area (Å²) >= 11 is 0. The highest BCUT2D eigenvalue weighted by atomic mass is 16.6. The molecule has 3 rings (SSSR count). The topological polar surface area (TPSA) is 67.8 Å². The first-order valence-electron chi connectivity index (χ1n) is 6.67. The second kappa shape index (κ2) is 5.75. The normalized spacial score (nSPS) is 17.1. The lowest BCUT2D eigenvalue weighted by Gasteiger charge is -2.10. The molecule has 1 heterocycles. The first kappa shape index (κ1) is 13.3. The Balaban J connectivity index is 1.61. The van der Waals surface area contributed by atoms with Crippen molar-refractivity contribution in [2.24, 2.45) is 0 Å². The fourth-order valence-electron chi connectivity index (χ4n) is 2.11. The third-order valence-electron chi connectivity index (χ3n) is 3.24. The number of ether oxygens (including phenoxy) is 2. The van der Waals surface area contributed by atoms with Crippen LogP contribution in [0.2, 0.25) is 0 Å². The molecule has 5 heteroatoms. The van der Waals surface area contributed by atoms with Gasteiger partial charge in [0.2, 0.25) is 0 Å². The molecule has 0 spiro atoms. The molecule has 2 N–H and O–H groups in total. The summed E-state index contributed by atoms with van der Waals surface area (Å²) < 4.78 is 10.6. The van der Waals surface area contributed by atoms with Crippen molar-refractivity contribution in [1.82, 2.24) is 5.32 Å². The Labute approximate surface area is 122 Å². The molecule has 1 saturated heterocycles. The number of alkyl carbamates (subject to hydrolysis) is 1. The molecule has 0 aromatic heterocycles. The lowest BCUT2D eigenvalue weighted by Crippen LogP contribution is -2.21. The fraction of sp³-hybridized carbons (Fsp3) is 0.188. The number of phenolic OH excluding ortho intramolecular Hbond substituents is 1. The molecule has 1 atom stereocenters. The van der Waals surface area contributed by atoms with Gasteiger partial charge in [-0.1, -0.05) is 24.3 Å². The van der Waals surface area contributed by atoms with E-state index in [-0.39, 0.29) is 11.9 Å². The molecule has 2 aromatic carbocycles. The molecule has 1 amide bonds. The summed E-state index contributed by atoms with van der Waals surface area (Å²) in [6.07, 6.45) is -0.638. The molecule has 0 aliphatic carbocycles. The van der Waals surface area contributed by atoms with E-state index in [1.165, 1.54) is 0 Å². The third kappa shape index (κ3) is 3.25. The van der Waals surface area contributed by atoms with Crippen molar-refractivity contribution in [3.63, 3.8) is 0 Å². The molecule has 21 heavy (non-hydrogen) atoms. The number of rotatable bonds is 4. The van der Waals surface area contributed by atoms with Gasteiger partial charge in [-0.15, -0.1) is 0 Å². The van der Waals surface area contributed by atoms with Crippen LogP contribution < -0.4 is 10.1 Å². The van der Waals surface area contributed by atoms with Crippen LogP contribution >= 0.6 is 0 Å². The number of cyclic esters (lactones) is 1. The van der Waals surface area contributed by atoms with Crippen LogP contribution in [0, 0.1) is 0 Å². The van der Waals surface area contributed by atoms with Crippen LogP contribution in [-0.4, -0.2) is 30.5 Å². The maximum atomic E-state index is 10.9. The van der Waals surface area contributed by atoms with E-state index in [9.17, 15) is 9.90 Å². The summed E-state index contributed by atoms with van der Waals surface area (Å²) in [5, 5.41) is 11.9. The molecular weight excluding hydrogens is 270 g/mol. The minimum absolute atomic E-state index is 0.241. The van der Waals surface area contributed by atoms with E-state index in [1.807, 2.05) is 36.4 Å². The van der Waals surface area contributed by atoms with Gasteiger partial charge in [0.1, 0.15) is 18.1 Å². The van der Waals surface area contributed by atoms with Crippen molar-refractivity contribution in [2.45, 2.75) is 6.10 Å². The number of aromatic hydroxyl groups is 1. The predicted octanol–water partition coefficient (Wildman–Crippen LogP) is 2.55. The zero-order valence-corrected chi connectivity index (χ0v) is 11.3. The zero-order valence-electron chi connectivity index (χ0n) is 11.3. The average Bonchev–Trinajstić information content (AvgIpc) is 2.92. The molecule has 1 aliphatic heterocycles. The Kier molecular flexibility index (Phi) is 3.64. The molecule has 5 nitrogen and oxygen atoms in total. The second-order valence-corrected chi connectivity index (χ2v) is 4.79. The van der Waals surface area contributed by atoms with E-state index < -0.39 is 6.09 Å². The van der Waals surface area contributed by atoms with E-state index in [4.69, 9.17) is 9.47 Å². The number of carbonyl (C=O) groups is 1. The van der Waals surface area contributed by atoms with Crippen LogP contribution in [0.3, 0.4) is 0 Å². The second-order valence-electron chi connectivity index (χ2n) is 4.79. The van der Waals surface area contributed by atoms with Gasteiger partial charge in [-0.2, -0.15) is 0 Å². The summed E-state index contributed by atoms with van der Waals surface area (Å²) in [6.45, 7) is 0.807. The van der Waals surface area contributed by atoms with Crippen LogP contribution in [0.5, 0.6) is 11.5 Å². The first-order chi connectivity index (χ1) is 10.2. The Morgan fingerprint density at radius 1 is 1.10 bits per heavy atom. The van der Waals surface area contributed by atoms with Gasteiger partial charge in [0.25, 0.3) is 0 Å². The van der Waals surface area contributed by atoms with Gasteiger partial charge in [-0.05, 0) is 35.4 Å². The standard InChI is InChI=1S/C16H15NO4/c18-13-5-1-11(2-6-13)12-3-7-14(8-4-12)20-10-15-9-17-16(19)21-15/h1-8,15,18H,9-10H2,(H,17,19). The number of benzene rings is 2. The minimum Gasteiger partial charge on any atom is -0.508 e. The molecule has 2 aromatic rings. The van der Waals surface area contributed by atoms with Crippen molar-refractivity contribution < 1.29 is 19.4 Å². The largest absolute Gasteiger partial charge is 0.508 e. The van der Waals surface area contributed by atoms with Crippen LogP contribution in [0.25, 0.3) is 11.1 Å².